The van der Waals surface area contributed by atoms with Crippen LogP contribution in [0.1, 0.15) is 40.0 Å². The number of rotatable bonds is 2. The van der Waals surface area contributed by atoms with Gasteiger partial charge in [0.25, 0.3) is 0 Å². The van der Waals surface area contributed by atoms with E-state index in [-0.39, 0.29) is 29.3 Å². The first kappa shape index (κ1) is 20.1. The van der Waals surface area contributed by atoms with E-state index in [1.54, 1.807) is 6.92 Å². The molecule has 0 radical (unpaired) electrons. The van der Waals surface area contributed by atoms with Crippen LogP contribution in [0.4, 0.5) is 0 Å². The molecule has 0 spiro atoms. The summed E-state index contributed by atoms with van der Waals surface area (Å²) in [4.78, 5) is 29.7. The Balaban J connectivity index is 1.63. The summed E-state index contributed by atoms with van der Waals surface area (Å²) >= 11 is 0. The van der Waals surface area contributed by atoms with Crippen LogP contribution < -0.4 is 0 Å². The smallest absolute Gasteiger partial charge is 0.190 e. The molecule has 5 aliphatic rings. The number of fused-ring (bicyclic) bond motifs is 7. The lowest BCUT2D eigenvalue weighted by atomic mass is 9.45. The maximum Gasteiger partial charge on any atom is 0.190 e. The number of nitrogens with zero attached hydrogens (tertiary/aromatic N) is 1. The lowest BCUT2D eigenvalue weighted by Crippen LogP contribution is -2.63. The van der Waals surface area contributed by atoms with Crippen LogP contribution in [0.2, 0.25) is 0 Å². The van der Waals surface area contributed by atoms with Gasteiger partial charge in [-0.15, -0.1) is 0 Å². The molecule has 3 fully saturated rings. The molecule has 0 bridgehead atoms. The Hall–Kier alpha value is -1.83. The molecule has 3 N–H and O–H groups in total. The van der Waals surface area contributed by atoms with Crippen molar-refractivity contribution in [3.05, 3.63) is 23.8 Å². The zero-order chi connectivity index (χ0) is 21.6. The van der Waals surface area contributed by atoms with Crippen molar-refractivity contribution >= 4 is 17.5 Å². The zero-order valence-corrected chi connectivity index (χ0v) is 17.5. The Kier molecular flexibility index (Phi) is 4.09. The maximum atomic E-state index is 13.1. The average Bonchev–Trinajstić information content (AvgIpc) is 3.13. The van der Waals surface area contributed by atoms with Crippen molar-refractivity contribution in [2.45, 2.75) is 63.9 Å². The first-order chi connectivity index (χ1) is 14.1. The summed E-state index contributed by atoms with van der Waals surface area (Å²) in [6, 6.07) is 0. The summed E-state index contributed by atoms with van der Waals surface area (Å²) in [7, 11) is 0. The van der Waals surface area contributed by atoms with Gasteiger partial charge in [0.05, 0.1) is 12.2 Å². The van der Waals surface area contributed by atoms with Gasteiger partial charge in [0.2, 0.25) is 0 Å². The third kappa shape index (κ3) is 2.18. The Morgan fingerprint density at radius 1 is 1.30 bits per heavy atom. The van der Waals surface area contributed by atoms with Gasteiger partial charge in [-0.2, -0.15) is 0 Å². The topological polar surface area (TPSA) is 116 Å². The van der Waals surface area contributed by atoms with Crippen LogP contribution in [0.25, 0.3) is 0 Å². The minimum absolute atomic E-state index is 0.0118. The number of aliphatic hydroxyl groups is 3. The Labute approximate surface area is 175 Å². The standard InChI is InChI=1S/C23H29NO6/c1-11-24-23(18(29)10-25)19(30-11)8-14-13-7-16(27)15-6-12(26)4-5-21(15,2)20(13)17(28)9-22(14,23)3/h4-6,13-14,16-17,19-20,25,27-28H,7-10H2,1-3H3/t13-,14+,16+,17-,19?,20-,21-,22-,23?/m0/s1. The van der Waals surface area contributed by atoms with Gasteiger partial charge in [0.15, 0.2) is 23.0 Å². The lowest BCUT2D eigenvalue weighted by molar-refractivity contribution is -0.150. The molecule has 2 unspecified atom stereocenters. The quantitative estimate of drug-likeness (QED) is 0.619. The number of ether oxygens (including phenoxy) is 1. The molecule has 3 saturated carbocycles. The minimum atomic E-state index is -1.21. The summed E-state index contributed by atoms with van der Waals surface area (Å²) in [5.74, 6) is -0.334. The van der Waals surface area contributed by atoms with E-state index in [2.05, 4.69) is 4.99 Å². The van der Waals surface area contributed by atoms with E-state index < -0.39 is 41.3 Å². The van der Waals surface area contributed by atoms with Gasteiger partial charge in [-0.3, -0.25) is 9.59 Å². The second-order valence-corrected chi connectivity index (χ2v) is 10.2. The molecule has 7 nitrogen and oxygen atoms in total. The van der Waals surface area contributed by atoms with E-state index in [0.29, 0.717) is 30.7 Å². The SMILES string of the molecule is CC1=NC2(C(=O)CO)C(C[C@@H]3[C@@H]4C[C@@H](O)C5=CC(=O)C=C[C@]5(C)[C@@H]4[C@@H](O)C[C@@]32C)O1. The number of aliphatic imine (C=N–C) groups is 1. The number of Topliss-reactive ketones (excluding diaryl/α,β-unsaturated/α-hetero) is 1. The largest absolute Gasteiger partial charge is 0.475 e. The van der Waals surface area contributed by atoms with Crippen molar-refractivity contribution in [3.8, 4) is 0 Å². The number of hydrogen-bond donors (Lipinski definition) is 3. The fraction of sp³-hybridized carbons (Fsp3) is 0.696. The number of ketones is 2. The van der Waals surface area contributed by atoms with Crippen LogP contribution in [0.15, 0.2) is 28.8 Å². The molecule has 1 heterocycles. The molecular weight excluding hydrogens is 386 g/mol. The second-order valence-electron chi connectivity index (χ2n) is 10.2. The molecule has 1 aliphatic heterocycles. The molecule has 9 atom stereocenters. The van der Waals surface area contributed by atoms with E-state index in [1.807, 2.05) is 19.9 Å². The third-order valence-corrected chi connectivity index (χ3v) is 8.92. The Morgan fingerprint density at radius 3 is 2.73 bits per heavy atom. The lowest BCUT2D eigenvalue weighted by Gasteiger charge is -2.60. The molecule has 0 aromatic rings. The molecule has 0 aromatic heterocycles. The number of hydrogen-bond acceptors (Lipinski definition) is 7. The molecular formula is C23H29NO6. The fourth-order valence-electron chi connectivity index (χ4n) is 7.86. The van der Waals surface area contributed by atoms with E-state index >= 15 is 0 Å². The van der Waals surface area contributed by atoms with Gasteiger partial charge < -0.3 is 20.1 Å². The second kappa shape index (κ2) is 6.11. The predicted molar refractivity (Wildman–Crippen MR) is 108 cm³/mol. The summed E-state index contributed by atoms with van der Waals surface area (Å²) < 4.78 is 5.96. The minimum Gasteiger partial charge on any atom is -0.475 e. The van der Waals surface area contributed by atoms with Gasteiger partial charge in [-0.25, -0.2) is 4.99 Å². The Bertz CT molecular complexity index is 923. The van der Waals surface area contributed by atoms with E-state index in [9.17, 15) is 24.9 Å². The van der Waals surface area contributed by atoms with Crippen LogP contribution in [0, 0.1) is 28.6 Å². The van der Waals surface area contributed by atoms with Crippen molar-refractivity contribution in [2.75, 3.05) is 6.61 Å². The van der Waals surface area contributed by atoms with Crippen LogP contribution >= 0.6 is 0 Å². The molecule has 0 amide bonds. The average molecular weight is 415 g/mol. The highest BCUT2D eigenvalue weighted by molar-refractivity contribution is 6.01. The molecule has 4 aliphatic carbocycles. The van der Waals surface area contributed by atoms with Crippen molar-refractivity contribution in [1.82, 2.24) is 0 Å². The highest BCUT2D eigenvalue weighted by Crippen LogP contribution is 2.69. The number of aliphatic hydroxyl groups excluding tert-OH is 3. The highest BCUT2D eigenvalue weighted by Gasteiger charge is 2.74. The number of carbonyl (C=O) groups excluding carboxylic acids is 2. The maximum absolute atomic E-state index is 13.1. The van der Waals surface area contributed by atoms with Crippen LogP contribution in [-0.2, 0) is 14.3 Å². The molecule has 0 aromatic carbocycles. The summed E-state index contributed by atoms with van der Waals surface area (Å²) in [5, 5.41) is 32.2. The van der Waals surface area contributed by atoms with Crippen molar-refractivity contribution in [1.29, 1.82) is 0 Å². The van der Waals surface area contributed by atoms with Gasteiger partial charge in [0, 0.05) is 23.7 Å². The summed E-state index contributed by atoms with van der Waals surface area (Å²) in [5.41, 5.74) is -1.85. The zero-order valence-electron chi connectivity index (χ0n) is 17.5. The van der Waals surface area contributed by atoms with Crippen LogP contribution in [0.5, 0.6) is 0 Å². The highest BCUT2D eigenvalue weighted by atomic mass is 16.5. The van der Waals surface area contributed by atoms with E-state index in [1.165, 1.54) is 12.2 Å². The number of allylic oxidation sites excluding steroid dienone is 3. The van der Waals surface area contributed by atoms with Crippen molar-refractivity contribution in [3.63, 3.8) is 0 Å². The van der Waals surface area contributed by atoms with Gasteiger partial charge in [-0.1, -0.05) is 19.9 Å². The van der Waals surface area contributed by atoms with Gasteiger partial charge in [-0.05, 0) is 48.8 Å². The van der Waals surface area contributed by atoms with Crippen molar-refractivity contribution in [2.24, 2.45) is 33.6 Å². The summed E-state index contributed by atoms with van der Waals surface area (Å²) in [6.45, 7) is 5.06. The van der Waals surface area contributed by atoms with Crippen molar-refractivity contribution < 1.29 is 29.6 Å². The van der Waals surface area contributed by atoms with E-state index in [0.717, 1.165) is 0 Å². The molecule has 5 rings (SSSR count). The first-order valence-electron chi connectivity index (χ1n) is 10.8. The van der Waals surface area contributed by atoms with Crippen LogP contribution in [0.3, 0.4) is 0 Å². The number of carbonyl (C=O) groups is 2. The monoisotopic (exact) mass is 415 g/mol. The predicted octanol–water partition coefficient (Wildman–Crippen LogP) is 0.963. The van der Waals surface area contributed by atoms with Gasteiger partial charge >= 0.3 is 0 Å². The van der Waals surface area contributed by atoms with E-state index in [4.69, 9.17) is 4.74 Å². The van der Waals surface area contributed by atoms with Gasteiger partial charge in [0.1, 0.15) is 12.7 Å². The summed E-state index contributed by atoms with van der Waals surface area (Å²) in [6.07, 6.45) is 4.23. The fourth-order valence-corrected chi connectivity index (χ4v) is 7.86. The van der Waals surface area contributed by atoms with Crippen LogP contribution in [-0.4, -0.2) is 63.2 Å². The Morgan fingerprint density at radius 2 is 2.03 bits per heavy atom. The molecule has 7 heteroatoms. The molecule has 162 valence electrons. The molecule has 0 saturated heterocycles. The third-order valence-electron chi connectivity index (χ3n) is 8.92. The molecule has 30 heavy (non-hydrogen) atoms. The normalized spacial score (nSPS) is 51.2. The first-order valence-corrected chi connectivity index (χ1v) is 10.8.